The number of nitrogens with one attached hydrogen (secondary N) is 1. The average molecular weight is 161 g/mol. The second-order valence-electron chi connectivity index (χ2n) is 1.86. The van der Waals surface area contributed by atoms with E-state index in [4.69, 9.17) is 16.4 Å². The van der Waals surface area contributed by atoms with Gasteiger partial charge in [-0.2, -0.15) is 0 Å². The first kappa shape index (κ1) is 7.44. The molecule has 0 spiro atoms. The highest BCUT2D eigenvalue weighted by Gasteiger charge is 2.09. The highest BCUT2D eigenvalue weighted by Crippen LogP contribution is 2.06. The molecule has 0 aromatic heterocycles. The summed E-state index contributed by atoms with van der Waals surface area (Å²) >= 11 is 5.49. The molecule has 0 unspecified atom stereocenters. The summed E-state index contributed by atoms with van der Waals surface area (Å²) in [6.45, 7) is 4.28. The van der Waals surface area contributed by atoms with Crippen molar-refractivity contribution >= 4 is 11.6 Å². The fourth-order valence-electron chi connectivity index (χ4n) is 0.635. The Morgan fingerprint density at radius 1 is 1.90 bits per heavy atom. The summed E-state index contributed by atoms with van der Waals surface area (Å²) in [5.41, 5.74) is 2.64. The standard InChI is InChI=1S/C6H9ClN2O/c1-2-3-9-5-6(4-7)10-8-9/h2,5,8H,1,3-4H2. The van der Waals surface area contributed by atoms with Gasteiger partial charge in [0.25, 0.3) is 0 Å². The molecular formula is C6H9ClN2O. The number of nitrogens with zero attached hydrogens (tertiary/aromatic N) is 1. The molecular weight excluding hydrogens is 152 g/mol. The van der Waals surface area contributed by atoms with Crippen molar-refractivity contribution in [3.8, 4) is 0 Å². The molecule has 0 atom stereocenters. The maximum atomic E-state index is 5.49. The number of hydrogen-bond donors (Lipinski definition) is 1. The lowest BCUT2D eigenvalue weighted by Gasteiger charge is -2.09. The first-order chi connectivity index (χ1) is 4.86. The number of hydrazine groups is 1. The molecule has 1 aliphatic rings. The Kier molecular flexibility index (Phi) is 2.59. The van der Waals surface area contributed by atoms with Gasteiger partial charge in [-0.15, -0.1) is 18.2 Å². The van der Waals surface area contributed by atoms with Gasteiger partial charge < -0.3 is 4.84 Å². The summed E-state index contributed by atoms with van der Waals surface area (Å²) in [5, 5.41) is 1.75. The molecule has 0 bridgehead atoms. The minimum atomic E-state index is 0.390. The Bertz CT molecular complexity index is 158. The summed E-state index contributed by atoms with van der Waals surface area (Å²) in [7, 11) is 0. The van der Waals surface area contributed by atoms with Crippen molar-refractivity contribution in [3.05, 3.63) is 24.6 Å². The van der Waals surface area contributed by atoms with Gasteiger partial charge in [0.05, 0.1) is 18.6 Å². The van der Waals surface area contributed by atoms with Gasteiger partial charge >= 0.3 is 0 Å². The fraction of sp³-hybridized carbons (Fsp3) is 0.333. The molecule has 4 heteroatoms. The van der Waals surface area contributed by atoms with E-state index in [0.29, 0.717) is 12.4 Å². The summed E-state index contributed by atoms with van der Waals surface area (Å²) in [4.78, 5) is 4.92. The predicted molar refractivity (Wildman–Crippen MR) is 39.9 cm³/mol. The van der Waals surface area contributed by atoms with Crippen molar-refractivity contribution in [1.82, 2.24) is 10.6 Å². The van der Waals surface area contributed by atoms with Crippen LogP contribution in [0.3, 0.4) is 0 Å². The molecule has 0 amide bonds. The van der Waals surface area contributed by atoms with Gasteiger partial charge in [-0.05, 0) is 0 Å². The second-order valence-corrected chi connectivity index (χ2v) is 2.13. The van der Waals surface area contributed by atoms with E-state index >= 15 is 0 Å². The van der Waals surface area contributed by atoms with Gasteiger partial charge in [-0.25, -0.2) is 0 Å². The first-order valence-corrected chi connectivity index (χ1v) is 3.47. The Balaban J connectivity index is 2.38. The van der Waals surface area contributed by atoms with Crippen molar-refractivity contribution in [2.75, 3.05) is 12.4 Å². The van der Waals surface area contributed by atoms with Crippen LogP contribution in [0, 0.1) is 0 Å². The highest BCUT2D eigenvalue weighted by atomic mass is 35.5. The van der Waals surface area contributed by atoms with Crippen molar-refractivity contribution in [3.63, 3.8) is 0 Å². The fourth-order valence-corrected chi connectivity index (χ4v) is 0.758. The van der Waals surface area contributed by atoms with E-state index in [0.717, 1.165) is 5.76 Å². The van der Waals surface area contributed by atoms with Crippen LogP contribution in [0.4, 0.5) is 0 Å². The van der Waals surface area contributed by atoms with E-state index in [1.54, 1.807) is 17.3 Å². The Morgan fingerprint density at radius 3 is 3.20 bits per heavy atom. The largest absolute Gasteiger partial charge is 0.391 e. The first-order valence-electron chi connectivity index (χ1n) is 2.93. The SMILES string of the molecule is C=CCN1C=C(CCl)ON1. The second kappa shape index (κ2) is 3.49. The normalized spacial score (nSPS) is 16.5. The summed E-state index contributed by atoms with van der Waals surface area (Å²) in [5.74, 6) is 1.12. The zero-order chi connectivity index (χ0) is 7.40. The monoisotopic (exact) mass is 160 g/mol. The van der Waals surface area contributed by atoms with Crippen LogP contribution in [0.15, 0.2) is 24.6 Å². The van der Waals surface area contributed by atoms with E-state index in [9.17, 15) is 0 Å². The lowest BCUT2D eigenvalue weighted by atomic mass is 10.5. The van der Waals surface area contributed by atoms with Gasteiger partial charge in [0.1, 0.15) is 0 Å². The zero-order valence-electron chi connectivity index (χ0n) is 5.51. The molecule has 10 heavy (non-hydrogen) atoms. The third-order valence-corrected chi connectivity index (χ3v) is 1.31. The lowest BCUT2D eigenvalue weighted by Crippen LogP contribution is -2.27. The minimum absolute atomic E-state index is 0.390. The van der Waals surface area contributed by atoms with Gasteiger partial charge in [0, 0.05) is 0 Å². The molecule has 3 nitrogen and oxygen atoms in total. The molecule has 0 radical (unpaired) electrons. The topological polar surface area (TPSA) is 24.5 Å². The Hall–Kier alpha value is -0.670. The summed E-state index contributed by atoms with van der Waals surface area (Å²) in [6, 6.07) is 0. The quantitative estimate of drug-likeness (QED) is 0.493. The van der Waals surface area contributed by atoms with Crippen LogP contribution in [0.2, 0.25) is 0 Å². The van der Waals surface area contributed by atoms with Gasteiger partial charge in [0.15, 0.2) is 5.76 Å². The summed E-state index contributed by atoms with van der Waals surface area (Å²) in [6.07, 6.45) is 3.57. The number of alkyl halides is 1. The maximum Gasteiger partial charge on any atom is 0.158 e. The molecule has 0 aromatic carbocycles. The predicted octanol–water partition coefficient (Wildman–Crippen LogP) is 1.00. The van der Waals surface area contributed by atoms with E-state index in [2.05, 4.69) is 12.2 Å². The van der Waals surface area contributed by atoms with E-state index < -0.39 is 0 Å². The summed E-state index contributed by atoms with van der Waals surface area (Å²) < 4.78 is 0. The van der Waals surface area contributed by atoms with Crippen molar-refractivity contribution in [1.29, 1.82) is 0 Å². The maximum absolute atomic E-state index is 5.49. The zero-order valence-corrected chi connectivity index (χ0v) is 6.27. The van der Waals surface area contributed by atoms with E-state index in [1.165, 1.54) is 0 Å². The van der Waals surface area contributed by atoms with Crippen LogP contribution in [-0.4, -0.2) is 17.4 Å². The average Bonchev–Trinajstić information content (AvgIpc) is 2.37. The Morgan fingerprint density at radius 2 is 2.70 bits per heavy atom. The molecule has 1 rings (SSSR count). The van der Waals surface area contributed by atoms with Crippen molar-refractivity contribution < 1.29 is 4.84 Å². The Labute approximate surface area is 64.8 Å². The van der Waals surface area contributed by atoms with Crippen LogP contribution in [0.1, 0.15) is 0 Å². The van der Waals surface area contributed by atoms with Crippen LogP contribution in [-0.2, 0) is 4.84 Å². The molecule has 0 fully saturated rings. The third-order valence-electron chi connectivity index (χ3n) is 1.05. The van der Waals surface area contributed by atoms with E-state index in [1.807, 2.05) is 0 Å². The molecule has 1 aliphatic heterocycles. The highest BCUT2D eigenvalue weighted by molar-refractivity contribution is 6.19. The van der Waals surface area contributed by atoms with Gasteiger partial charge in [-0.3, -0.25) is 5.01 Å². The number of allylic oxidation sites excluding steroid dienone is 1. The van der Waals surface area contributed by atoms with Crippen LogP contribution in [0.5, 0.6) is 0 Å². The van der Waals surface area contributed by atoms with Crippen LogP contribution in [0.25, 0.3) is 0 Å². The minimum Gasteiger partial charge on any atom is -0.391 e. The van der Waals surface area contributed by atoms with E-state index in [-0.39, 0.29) is 0 Å². The lowest BCUT2D eigenvalue weighted by molar-refractivity contribution is 0.0295. The molecule has 0 aromatic rings. The van der Waals surface area contributed by atoms with Crippen molar-refractivity contribution in [2.45, 2.75) is 0 Å². The van der Waals surface area contributed by atoms with Crippen molar-refractivity contribution in [2.24, 2.45) is 0 Å². The molecule has 0 saturated carbocycles. The van der Waals surface area contributed by atoms with Crippen LogP contribution < -0.4 is 5.59 Å². The van der Waals surface area contributed by atoms with Gasteiger partial charge in [-0.1, -0.05) is 11.7 Å². The molecule has 1 heterocycles. The van der Waals surface area contributed by atoms with Gasteiger partial charge in [0.2, 0.25) is 0 Å². The third kappa shape index (κ3) is 1.65. The molecule has 1 N–H and O–H groups in total. The molecule has 56 valence electrons. The number of hydrogen-bond acceptors (Lipinski definition) is 3. The molecule has 0 saturated heterocycles. The smallest absolute Gasteiger partial charge is 0.158 e. The number of halogens is 1. The molecule has 0 aliphatic carbocycles. The number of rotatable bonds is 3. The van der Waals surface area contributed by atoms with Crippen LogP contribution >= 0.6 is 11.6 Å².